The second-order valence-electron chi connectivity index (χ2n) is 5.23. The van der Waals surface area contributed by atoms with E-state index in [4.69, 9.17) is 21.1 Å². The Morgan fingerprint density at radius 2 is 2.00 bits per heavy atom. The van der Waals surface area contributed by atoms with Crippen LogP contribution in [0.4, 0.5) is 13.2 Å². The fourth-order valence-corrected chi connectivity index (χ4v) is 2.61. The van der Waals surface area contributed by atoms with Gasteiger partial charge in [-0.2, -0.15) is 8.78 Å². The molecule has 0 aromatic heterocycles. The molecule has 0 aliphatic carbocycles. The van der Waals surface area contributed by atoms with Crippen LogP contribution in [0.2, 0.25) is 5.02 Å². The topological polar surface area (TPSA) is 57.1 Å². The summed E-state index contributed by atoms with van der Waals surface area (Å²) in [7, 11) is 1.25. The van der Waals surface area contributed by atoms with Crippen LogP contribution in [0.3, 0.4) is 0 Å². The van der Waals surface area contributed by atoms with Gasteiger partial charge in [0, 0.05) is 0 Å². The number of rotatable bonds is 5. The average Bonchev–Trinajstić information content (AvgIpc) is 2.97. The summed E-state index contributed by atoms with van der Waals surface area (Å²) in [6, 6.07) is 8.31. The summed E-state index contributed by atoms with van der Waals surface area (Å²) in [5.74, 6) is -1.96. The predicted octanol–water partition coefficient (Wildman–Crippen LogP) is 4.43. The molecular formula is C18H11ClF3NO4. The summed E-state index contributed by atoms with van der Waals surface area (Å²) in [4.78, 5) is 16.0. The highest BCUT2D eigenvalue weighted by molar-refractivity contribution is 6.32. The summed E-state index contributed by atoms with van der Waals surface area (Å²) in [6.07, 6.45) is 1.30. The second-order valence-corrected chi connectivity index (χ2v) is 5.64. The first-order valence-electron chi connectivity index (χ1n) is 7.49. The number of hydrogen-bond acceptors (Lipinski definition) is 5. The molecule has 1 heterocycles. The lowest BCUT2D eigenvalue weighted by Crippen LogP contribution is -2.07. The summed E-state index contributed by atoms with van der Waals surface area (Å²) in [5, 5.41) is -0.147. The van der Waals surface area contributed by atoms with Crippen molar-refractivity contribution in [3.63, 3.8) is 0 Å². The quantitative estimate of drug-likeness (QED) is 0.553. The van der Waals surface area contributed by atoms with E-state index in [1.165, 1.54) is 43.5 Å². The third-order valence-electron chi connectivity index (χ3n) is 3.49. The van der Waals surface area contributed by atoms with Crippen LogP contribution in [0.25, 0.3) is 6.08 Å². The number of ether oxygens (including phenoxy) is 3. The highest BCUT2D eigenvalue weighted by atomic mass is 35.5. The van der Waals surface area contributed by atoms with Crippen LogP contribution >= 0.6 is 11.6 Å². The molecule has 0 spiro atoms. The minimum atomic E-state index is -3.08. The molecule has 9 heteroatoms. The SMILES string of the molecule is COc1cc(/C=C2\N=C(c3ccccc3F)OC2=O)cc(Cl)c1OC(F)F. The first-order chi connectivity index (χ1) is 12.9. The molecule has 3 rings (SSSR count). The molecule has 0 N–H and O–H groups in total. The van der Waals surface area contributed by atoms with Crippen LogP contribution in [0.1, 0.15) is 11.1 Å². The standard InChI is InChI=1S/C18H11ClF3NO4/c1-25-14-8-9(6-11(19)15(14)26-18(21)22)7-13-17(24)27-16(23-13)10-4-2-3-5-12(10)20/h2-8,18H,1H3/b13-7-. The number of nitrogens with zero attached hydrogens (tertiary/aromatic N) is 1. The lowest BCUT2D eigenvalue weighted by atomic mass is 10.1. The smallest absolute Gasteiger partial charge is 0.387 e. The third-order valence-corrected chi connectivity index (χ3v) is 3.77. The zero-order chi connectivity index (χ0) is 19.6. The summed E-state index contributed by atoms with van der Waals surface area (Å²) in [5.41, 5.74) is 0.239. The van der Waals surface area contributed by atoms with Crippen molar-refractivity contribution in [3.8, 4) is 11.5 Å². The Balaban J connectivity index is 1.98. The van der Waals surface area contributed by atoms with Crippen molar-refractivity contribution >= 4 is 29.5 Å². The Labute approximate surface area is 156 Å². The number of carbonyl (C=O) groups excluding carboxylic acids is 1. The van der Waals surface area contributed by atoms with Crippen LogP contribution in [0.5, 0.6) is 11.5 Å². The van der Waals surface area contributed by atoms with Gasteiger partial charge in [0.1, 0.15) is 5.82 Å². The monoisotopic (exact) mass is 397 g/mol. The van der Waals surface area contributed by atoms with E-state index in [1.54, 1.807) is 6.07 Å². The number of esters is 1. The number of halogens is 4. The number of hydrogen-bond donors (Lipinski definition) is 0. The van der Waals surface area contributed by atoms with E-state index in [0.717, 1.165) is 0 Å². The normalized spacial score (nSPS) is 15.1. The van der Waals surface area contributed by atoms with Crippen molar-refractivity contribution in [2.75, 3.05) is 7.11 Å². The Morgan fingerprint density at radius 3 is 2.67 bits per heavy atom. The molecule has 0 amide bonds. The van der Waals surface area contributed by atoms with Crippen LogP contribution in [0, 0.1) is 5.82 Å². The minimum Gasteiger partial charge on any atom is -0.493 e. The van der Waals surface area contributed by atoms with E-state index in [0.29, 0.717) is 5.56 Å². The number of aliphatic imine (C=N–C) groups is 1. The van der Waals surface area contributed by atoms with Crippen molar-refractivity contribution in [2.24, 2.45) is 4.99 Å². The van der Waals surface area contributed by atoms with E-state index < -0.39 is 18.4 Å². The molecule has 0 fully saturated rings. The number of carbonyl (C=O) groups is 1. The number of benzene rings is 2. The molecule has 0 saturated heterocycles. The largest absolute Gasteiger partial charge is 0.493 e. The van der Waals surface area contributed by atoms with Crippen molar-refractivity contribution in [1.82, 2.24) is 0 Å². The Morgan fingerprint density at radius 1 is 1.26 bits per heavy atom. The maximum absolute atomic E-state index is 13.8. The van der Waals surface area contributed by atoms with Crippen LogP contribution < -0.4 is 9.47 Å². The molecular weight excluding hydrogens is 387 g/mol. The molecule has 2 aromatic carbocycles. The van der Waals surface area contributed by atoms with Crippen LogP contribution in [0.15, 0.2) is 47.1 Å². The maximum Gasteiger partial charge on any atom is 0.387 e. The van der Waals surface area contributed by atoms with Gasteiger partial charge in [-0.15, -0.1) is 0 Å². The molecule has 0 radical (unpaired) electrons. The van der Waals surface area contributed by atoms with E-state index >= 15 is 0 Å². The van der Waals surface area contributed by atoms with Crippen LogP contribution in [-0.4, -0.2) is 25.6 Å². The Kier molecular flexibility index (Phi) is 5.36. The molecule has 0 bridgehead atoms. The van der Waals surface area contributed by atoms with Crippen molar-refractivity contribution in [3.05, 3.63) is 64.1 Å². The van der Waals surface area contributed by atoms with Crippen molar-refractivity contribution < 1.29 is 32.2 Å². The van der Waals surface area contributed by atoms with Crippen LogP contribution in [-0.2, 0) is 9.53 Å². The zero-order valence-electron chi connectivity index (χ0n) is 13.7. The van der Waals surface area contributed by atoms with E-state index in [1.807, 2.05) is 0 Å². The van der Waals surface area contributed by atoms with Gasteiger partial charge in [-0.1, -0.05) is 23.7 Å². The average molecular weight is 398 g/mol. The van der Waals surface area contributed by atoms with E-state index in [9.17, 15) is 18.0 Å². The van der Waals surface area contributed by atoms with Gasteiger partial charge in [-0.05, 0) is 35.9 Å². The highest BCUT2D eigenvalue weighted by Crippen LogP contribution is 2.38. The number of alkyl halides is 2. The predicted molar refractivity (Wildman–Crippen MR) is 91.6 cm³/mol. The van der Waals surface area contributed by atoms with Gasteiger partial charge < -0.3 is 14.2 Å². The fraction of sp³-hybridized carbons (Fsp3) is 0.111. The van der Waals surface area contributed by atoms with Gasteiger partial charge in [-0.25, -0.2) is 14.2 Å². The molecule has 5 nitrogen and oxygen atoms in total. The van der Waals surface area contributed by atoms with Gasteiger partial charge in [0.2, 0.25) is 5.90 Å². The van der Waals surface area contributed by atoms with Crippen molar-refractivity contribution in [2.45, 2.75) is 6.61 Å². The molecule has 0 atom stereocenters. The molecule has 27 heavy (non-hydrogen) atoms. The van der Waals surface area contributed by atoms with E-state index in [2.05, 4.69) is 9.73 Å². The van der Waals surface area contributed by atoms with Crippen molar-refractivity contribution in [1.29, 1.82) is 0 Å². The van der Waals surface area contributed by atoms with Gasteiger partial charge in [-0.3, -0.25) is 0 Å². The summed E-state index contributed by atoms with van der Waals surface area (Å²) >= 11 is 5.96. The molecule has 140 valence electrons. The van der Waals surface area contributed by atoms with Gasteiger partial charge in [0.25, 0.3) is 0 Å². The summed E-state index contributed by atoms with van der Waals surface area (Å²) < 4.78 is 53.1. The summed E-state index contributed by atoms with van der Waals surface area (Å²) in [6.45, 7) is -3.08. The third kappa shape index (κ3) is 4.06. The molecule has 2 aromatic rings. The maximum atomic E-state index is 13.8. The number of methoxy groups -OCH3 is 1. The van der Waals surface area contributed by atoms with Gasteiger partial charge in [0.05, 0.1) is 17.7 Å². The lowest BCUT2D eigenvalue weighted by Gasteiger charge is -2.12. The highest BCUT2D eigenvalue weighted by Gasteiger charge is 2.26. The Bertz CT molecular complexity index is 960. The number of cyclic esters (lactones) is 1. The molecule has 0 unspecified atom stereocenters. The molecule has 0 saturated carbocycles. The Hall–Kier alpha value is -3.00. The second kappa shape index (κ2) is 7.71. The zero-order valence-corrected chi connectivity index (χ0v) is 14.5. The molecule has 1 aliphatic heterocycles. The van der Waals surface area contributed by atoms with Gasteiger partial charge in [0.15, 0.2) is 17.2 Å². The van der Waals surface area contributed by atoms with E-state index in [-0.39, 0.29) is 33.7 Å². The first kappa shape index (κ1) is 18.8. The fourth-order valence-electron chi connectivity index (χ4n) is 2.34. The first-order valence-corrected chi connectivity index (χ1v) is 7.86. The molecule has 1 aliphatic rings. The van der Waals surface area contributed by atoms with Gasteiger partial charge >= 0.3 is 12.6 Å². The minimum absolute atomic E-state index is 0.0329. The lowest BCUT2D eigenvalue weighted by molar-refractivity contribution is -0.129.